The number of piperazine rings is 1. The van der Waals surface area contributed by atoms with Crippen LogP contribution >= 0.6 is 0 Å². The van der Waals surface area contributed by atoms with Crippen LogP contribution in [-0.4, -0.2) is 59.1 Å². The first-order valence-corrected chi connectivity index (χ1v) is 11.0. The molecular formula is C25H28FN3O4. The van der Waals surface area contributed by atoms with E-state index in [1.54, 1.807) is 13.2 Å². The van der Waals surface area contributed by atoms with Gasteiger partial charge in [-0.05, 0) is 35.4 Å². The van der Waals surface area contributed by atoms with Gasteiger partial charge in [0.2, 0.25) is 11.8 Å². The summed E-state index contributed by atoms with van der Waals surface area (Å²) in [5, 5.41) is 9.12. The lowest BCUT2D eigenvalue weighted by atomic mass is 9.88. The summed E-state index contributed by atoms with van der Waals surface area (Å²) >= 11 is 0. The third-order valence-corrected chi connectivity index (χ3v) is 5.99. The highest BCUT2D eigenvalue weighted by Crippen LogP contribution is 2.30. The van der Waals surface area contributed by atoms with Gasteiger partial charge in [-0.25, -0.2) is 9.37 Å². The van der Waals surface area contributed by atoms with Gasteiger partial charge >= 0.3 is 0 Å². The van der Waals surface area contributed by atoms with E-state index >= 15 is 0 Å². The molecule has 1 aliphatic heterocycles. The van der Waals surface area contributed by atoms with Crippen molar-refractivity contribution in [3.63, 3.8) is 0 Å². The van der Waals surface area contributed by atoms with E-state index < -0.39 is 0 Å². The average Bonchev–Trinajstić information content (AvgIpc) is 3.30. The number of benzene rings is 2. The van der Waals surface area contributed by atoms with Gasteiger partial charge in [-0.1, -0.05) is 24.3 Å². The Labute approximate surface area is 192 Å². The second kappa shape index (κ2) is 10.6. The number of hydrogen-bond acceptors (Lipinski definition) is 6. The van der Waals surface area contributed by atoms with Crippen molar-refractivity contribution in [1.29, 1.82) is 0 Å². The Morgan fingerprint density at radius 2 is 1.91 bits per heavy atom. The number of nitrogens with zero attached hydrogens (tertiary/aromatic N) is 3. The fraction of sp³-hybridized carbons (Fsp3) is 0.360. The Balaban J connectivity index is 1.41. The maximum absolute atomic E-state index is 14.0. The van der Waals surface area contributed by atoms with Crippen LogP contribution in [0.5, 0.6) is 5.75 Å². The second-order valence-corrected chi connectivity index (χ2v) is 8.13. The number of aliphatic hydroxyl groups is 1. The number of ether oxygens (including phenoxy) is 1. The van der Waals surface area contributed by atoms with Gasteiger partial charge in [0.15, 0.2) is 0 Å². The molecule has 1 aliphatic rings. The summed E-state index contributed by atoms with van der Waals surface area (Å²) in [5.74, 6) is 0.767. The molecule has 0 spiro atoms. The molecule has 0 aliphatic carbocycles. The van der Waals surface area contributed by atoms with Crippen LogP contribution in [0.3, 0.4) is 0 Å². The highest BCUT2D eigenvalue weighted by Gasteiger charge is 2.26. The Morgan fingerprint density at radius 3 is 2.55 bits per heavy atom. The van der Waals surface area contributed by atoms with Crippen LogP contribution in [0.4, 0.5) is 4.39 Å². The first-order chi connectivity index (χ1) is 16.1. The summed E-state index contributed by atoms with van der Waals surface area (Å²) in [6.45, 7) is 3.01. The van der Waals surface area contributed by atoms with Crippen molar-refractivity contribution in [2.75, 3.05) is 33.3 Å². The molecule has 8 heteroatoms. The number of aliphatic hydroxyl groups excluding tert-OH is 1. The number of methoxy groups -OCH3 is 1. The van der Waals surface area contributed by atoms with E-state index in [0.29, 0.717) is 44.3 Å². The predicted octanol–water partition coefficient (Wildman–Crippen LogP) is 3.18. The van der Waals surface area contributed by atoms with Gasteiger partial charge in [0.1, 0.15) is 23.5 Å². The third kappa shape index (κ3) is 5.77. The fourth-order valence-corrected chi connectivity index (χ4v) is 4.13. The molecule has 174 valence electrons. The molecule has 0 bridgehead atoms. The Hall–Kier alpha value is -3.23. The molecule has 3 aromatic rings. The van der Waals surface area contributed by atoms with Gasteiger partial charge in [0.05, 0.1) is 20.3 Å². The van der Waals surface area contributed by atoms with Gasteiger partial charge in [0.25, 0.3) is 0 Å². The van der Waals surface area contributed by atoms with Crippen molar-refractivity contribution >= 4 is 5.91 Å². The van der Waals surface area contributed by atoms with Crippen LogP contribution < -0.4 is 4.74 Å². The molecule has 2 heterocycles. The number of rotatable bonds is 8. The standard InChI is InChI=1S/C25H28FN3O4/c1-32-22-7-5-18(6-8-22)23(19-3-2-4-20(26)13-19)14-25(31)29-11-9-28(10-12-29)15-24-27-21(16-30)17-33-24/h2-8,13,17,23,30H,9-12,14-16H2,1H3. The number of carbonyl (C=O) groups excluding carboxylic acids is 1. The SMILES string of the molecule is COc1ccc(C(CC(=O)N2CCN(Cc3nc(CO)co3)CC2)c2cccc(F)c2)cc1. The maximum atomic E-state index is 14.0. The van der Waals surface area contributed by atoms with E-state index in [2.05, 4.69) is 9.88 Å². The monoisotopic (exact) mass is 453 g/mol. The van der Waals surface area contributed by atoms with Crippen LogP contribution in [0.1, 0.15) is 35.1 Å². The lowest BCUT2D eigenvalue weighted by molar-refractivity contribution is -0.133. The van der Waals surface area contributed by atoms with Crippen LogP contribution in [-0.2, 0) is 17.9 Å². The van der Waals surface area contributed by atoms with Crippen molar-refractivity contribution < 1.29 is 23.4 Å². The molecule has 1 N–H and O–H groups in total. The number of halogens is 1. The summed E-state index contributed by atoms with van der Waals surface area (Å²) in [4.78, 5) is 21.5. The summed E-state index contributed by atoms with van der Waals surface area (Å²) in [6, 6.07) is 14.0. The molecular weight excluding hydrogens is 425 g/mol. The largest absolute Gasteiger partial charge is 0.497 e. The zero-order valence-electron chi connectivity index (χ0n) is 18.6. The average molecular weight is 454 g/mol. The minimum Gasteiger partial charge on any atom is -0.497 e. The Kier molecular flexibility index (Phi) is 7.36. The smallest absolute Gasteiger partial charge is 0.223 e. The normalized spacial score (nSPS) is 15.4. The topological polar surface area (TPSA) is 79.0 Å². The number of oxazole rings is 1. The molecule has 33 heavy (non-hydrogen) atoms. The number of hydrogen-bond donors (Lipinski definition) is 1. The third-order valence-electron chi connectivity index (χ3n) is 5.99. The van der Waals surface area contributed by atoms with Crippen molar-refractivity contribution in [2.45, 2.75) is 25.5 Å². The molecule has 1 unspecified atom stereocenters. The highest BCUT2D eigenvalue weighted by atomic mass is 19.1. The first-order valence-electron chi connectivity index (χ1n) is 11.0. The Bertz CT molecular complexity index is 1060. The molecule has 1 atom stereocenters. The molecule has 0 radical (unpaired) electrons. The van der Waals surface area contributed by atoms with Gasteiger partial charge in [0, 0.05) is 38.5 Å². The van der Waals surface area contributed by atoms with Crippen molar-refractivity contribution in [3.05, 3.63) is 83.3 Å². The second-order valence-electron chi connectivity index (χ2n) is 8.13. The first kappa shape index (κ1) is 22.9. The molecule has 7 nitrogen and oxygen atoms in total. The van der Waals surface area contributed by atoms with Crippen molar-refractivity contribution in [1.82, 2.24) is 14.8 Å². The summed E-state index contributed by atoms with van der Waals surface area (Å²) in [7, 11) is 1.61. The lowest BCUT2D eigenvalue weighted by Crippen LogP contribution is -2.48. The summed E-state index contributed by atoms with van der Waals surface area (Å²) in [6.07, 6.45) is 1.72. The zero-order valence-corrected chi connectivity index (χ0v) is 18.6. The fourth-order valence-electron chi connectivity index (χ4n) is 4.13. The maximum Gasteiger partial charge on any atom is 0.223 e. The Morgan fingerprint density at radius 1 is 1.15 bits per heavy atom. The van der Waals surface area contributed by atoms with E-state index in [9.17, 15) is 9.18 Å². The van der Waals surface area contributed by atoms with Gasteiger partial charge < -0.3 is 19.2 Å². The van der Waals surface area contributed by atoms with E-state index in [-0.39, 0.29) is 30.7 Å². The number of amides is 1. The molecule has 2 aromatic carbocycles. The minimum absolute atomic E-state index is 0.0402. The zero-order chi connectivity index (χ0) is 23.2. The predicted molar refractivity (Wildman–Crippen MR) is 120 cm³/mol. The van der Waals surface area contributed by atoms with Crippen LogP contribution in [0, 0.1) is 5.82 Å². The molecule has 1 saturated heterocycles. The van der Waals surface area contributed by atoms with E-state index in [4.69, 9.17) is 14.3 Å². The minimum atomic E-state index is -0.317. The molecule has 1 fully saturated rings. The molecule has 0 saturated carbocycles. The molecule has 1 aromatic heterocycles. The molecule has 1 amide bonds. The number of carbonyl (C=O) groups is 1. The summed E-state index contributed by atoms with van der Waals surface area (Å²) in [5.41, 5.74) is 2.23. The van der Waals surface area contributed by atoms with Gasteiger partial charge in [-0.15, -0.1) is 0 Å². The van der Waals surface area contributed by atoms with Crippen molar-refractivity contribution in [2.24, 2.45) is 0 Å². The van der Waals surface area contributed by atoms with Crippen LogP contribution in [0.2, 0.25) is 0 Å². The van der Waals surface area contributed by atoms with Crippen LogP contribution in [0.15, 0.2) is 59.2 Å². The number of aromatic nitrogens is 1. The lowest BCUT2D eigenvalue weighted by Gasteiger charge is -2.35. The molecule has 4 rings (SSSR count). The van der Waals surface area contributed by atoms with Crippen molar-refractivity contribution in [3.8, 4) is 5.75 Å². The van der Waals surface area contributed by atoms with E-state index in [0.717, 1.165) is 16.9 Å². The van der Waals surface area contributed by atoms with Gasteiger partial charge in [-0.2, -0.15) is 0 Å². The van der Waals surface area contributed by atoms with Gasteiger partial charge in [-0.3, -0.25) is 9.69 Å². The van der Waals surface area contributed by atoms with E-state index in [1.165, 1.54) is 18.4 Å². The highest BCUT2D eigenvalue weighted by molar-refractivity contribution is 5.78. The quantitative estimate of drug-likeness (QED) is 0.565. The van der Waals surface area contributed by atoms with E-state index in [1.807, 2.05) is 35.2 Å². The summed E-state index contributed by atoms with van der Waals surface area (Å²) < 4.78 is 24.6. The van der Waals surface area contributed by atoms with Crippen LogP contribution in [0.25, 0.3) is 0 Å².